The van der Waals surface area contributed by atoms with Gasteiger partial charge in [-0.15, -0.1) is 0 Å². The maximum absolute atomic E-state index is 12.3. The topological polar surface area (TPSA) is 75.3 Å². The van der Waals surface area contributed by atoms with Gasteiger partial charge in [-0.25, -0.2) is 0 Å². The van der Waals surface area contributed by atoms with Crippen molar-refractivity contribution in [1.29, 1.82) is 0 Å². The number of nitrogens with one attached hydrogen (secondary N) is 1. The first-order chi connectivity index (χ1) is 10.0. The molecule has 21 heavy (non-hydrogen) atoms. The largest absolute Gasteiger partial charge is 0.391 e. The van der Waals surface area contributed by atoms with Crippen molar-refractivity contribution >= 4 is 5.91 Å². The number of aliphatic hydroxyl groups excluding tert-OH is 1. The van der Waals surface area contributed by atoms with Gasteiger partial charge in [0.2, 0.25) is 5.91 Å². The van der Waals surface area contributed by atoms with Gasteiger partial charge in [-0.2, -0.15) is 0 Å². The summed E-state index contributed by atoms with van der Waals surface area (Å²) in [7, 11) is 0. The zero-order chi connectivity index (χ0) is 15.4. The highest BCUT2D eigenvalue weighted by atomic mass is 16.3. The summed E-state index contributed by atoms with van der Waals surface area (Å²) in [6.07, 6.45) is 1.96. The molecular formula is C17H26N2O2. The van der Waals surface area contributed by atoms with Crippen LogP contribution in [0.3, 0.4) is 0 Å². The van der Waals surface area contributed by atoms with Crippen LogP contribution in [0.15, 0.2) is 30.3 Å². The molecule has 1 aromatic rings. The lowest BCUT2D eigenvalue weighted by Gasteiger charge is -2.25. The van der Waals surface area contributed by atoms with E-state index in [4.69, 9.17) is 5.73 Å². The van der Waals surface area contributed by atoms with Crippen LogP contribution in [-0.2, 0) is 11.2 Å². The predicted molar refractivity (Wildman–Crippen MR) is 83.6 cm³/mol. The van der Waals surface area contributed by atoms with Gasteiger partial charge in [0.25, 0.3) is 0 Å². The third-order valence-corrected chi connectivity index (χ3v) is 4.60. The Morgan fingerprint density at radius 1 is 1.43 bits per heavy atom. The second-order valence-corrected chi connectivity index (χ2v) is 6.20. The minimum Gasteiger partial charge on any atom is -0.391 e. The summed E-state index contributed by atoms with van der Waals surface area (Å²) in [4.78, 5) is 12.3. The molecule has 0 aromatic heterocycles. The van der Waals surface area contributed by atoms with Gasteiger partial charge in [0.15, 0.2) is 0 Å². The molecule has 2 unspecified atom stereocenters. The molecule has 116 valence electrons. The molecule has 4 heteroatoms. The third-order valence-electron chi connectivity index (χ3n) is 4.60. The van der Waals surface area contributed by atoms with Crippen molar-refractivity contribution in [2.75, 3.05) is 0 Å². The number of amides is 1. The highest BCUT2D eigenvalue weighted by Crippen LogP contribution is 2.33. The van der Waals surface area contributed by atoms with Crippen LogP contribution < -0.4 is 11.1 Å². The number of benzene rings is 1. The number of hydrogen-bond donors (Lipinski definition) is 3. The van der Waals surface area contributed by atoms with Crippen molar-refractivity contribution in [2.24, 2.45) is 17.6 Å². The van der Waals surface area contributed by atoms with Crippen LogP contribution in [0.4, 0.5) is 0 Å². The number of carbonyl (C=O) groups is 1. The fourth-order valence-electron chi connectivity index (χ4n) is 3.25. The van der Waals surface area contributed by atoms with E-state index in [-0.39, 0.29) is 17.9 Å². The fraction of sp³-hybridized carbons (Fsp3) is 0.588. The van der Waals surface area contributed by atoms with Crippen LogP contribution in [-0.4, -0.2) is 29.2 Å². The summed E-state index contributed by atoms with van der Waals surface area (Å²) in [5.41, 5.74) is 7.05. The monoisotopic (exact) mass is 290 g/mol. The molecule has 0 saturated heterocycles. The molecule has 1 aromatic carbocycles. The second-order valence-electron chi connectivity index (χ2n) is 6.20. The maximum Gasteiger partial charge on any atom is 0.237 e. The second kappa shape index (κ2) is 7.05. The van der Waals surface area contributed by atoms with Crippen molar-refractivity contribution in [3.8, 4) is 0 Å². The van der Waals surface area contributed by atoms with Crippen molar-refractivity contribution in [1.82, 2.24) is 5.32 Å². The lowest BCUT2D eigenvalue weighted by molar-refractivity contribution is -0.124. The van der Waals surface area contributed by atoms with Crippen LogP contribution in [0, 0.1) is 11.8 Å². The molecule has 1 amide bonds. The van der Waals surface area contributed by atoms with E-state index in [1.807, 2.05) is 37.3 Å². The third kappa shape index (κ3) is 3.83. The van der Waals surface area contributed by atoms with Crippen LogP contribution in [0.1, 0.15) is 32.3 Å². The maximum atomic E-state index is 12.3. The minimum absolute atomic E-state index is 0.167. The van der Waals surface area contributed by atoms with Crippen LogP contribution in [0.2, 0.25) is 0 Å². The van der Waals surface area contributed by atoms with Crippen LogP contribution >= 0.6 is 0 Å². The van der Waals surface area contributed by atoms with Gasteiger partial charge in [-0.1, -0.05) is 50.6 Å². The Balaban J connectivity index is 1.94. The van der Waals surface area contributed by atoms with E-state index in [2.05, 4.69) is 12.2 Å². The Kier molecular flexibility index (Phi) is 5.37. The van der Waals surface area contributed by atoms with Crippen molar-refractivity contribution in [3.63, 3.8) is 0 Å². The van der Waals surface area contributed by atoms with Crippen molar-refractivity contribution in [2.45, 2.75) is 51.3 Å². The van der Waals surface area contributed by atoms with E-state index in [1.54, 1.807) is 0 Å². The average Bonchev–Trinajstić information content (AvgIpc) is 2.76. The van der Waals surface area contributed by atoms with Gasteiger partial charge < -0.3 is 16.2 Å². The molecule has 4 nitrogen and oxygen atoms in total. The zero-order valence-electron chi connectivity index (χ0n) is 12.8. The first-order valence-electron chi connectivity index (χ1n) is 7.80. The lowest BCUT2D eigenvalue weighted by Crippen LogP contribution is -2.51. The standard InChI is InChI=1S/C17H26N2O2/c1-3-13-9-11(2)16(20)15(13)19-17(21)14(18)10-12-7-5-4-6-8-12/h4-8,11,13-16,20H,3,9-10,18H2,1-2H3,(H,19,21)/t11-,13+,14?,15+,16?/m1/s1. The number of aliphatic hydroxyl groups is 1. The van der Waals surface area contributed by atoms with Gasteiger partial charge in [0.05, 0.1) is 18.2 Å². The number of carbonyl (C=O) groups excluding carboxylic acids is 1. The fourth-order valence-corrected chi connectivity index (χ4v) is 3.25. The molecule has 5 atom stereocenters. The van der Waals surface area contributed by atoms with E-state index in [9.17, 15) is 9.90 Å². The first-order valence-corrected chi connectivity index (χ1v) is 7.80. The Labute approximate surface area is 126 Å². The molecular weight excluding hydrogens is 264 g/mol. The SMILES string of the molecule is CC[C@H]1C[C@@H](C)C(O)[C@H]1NC(=O)C(N)Cc1ccccc1. The van der Waals surface area contributed by atoms with Gasteiger partial charge >= 0.3 is 0 Å². The number of nitrogens with two attached hydrogens (primary N) is 1. The normalized spacial score (nSPS) is 30.1. The van der Waals surface area contributed by atoms with E-state index in [0.29, 0.717) is 12.3 Å². The number of hydrogen-bond acceptors (Lipinski definition) is 3. The molecule has 1 aliphatic rings. The summed E-state index contributed by atoms with van der Waals surface area (Å²) >= 11 is 0. The van der Waals surface area contributed by atoms with Gasteiger partial charge in [-0.3, -0.25) is 4.79 Å². The molecule has 0 radical (unpaired) electrons. The summed E-state index contributed by atoms with van der Waals surface area (Å²) in [5, 5.41) is 13.2. The molecule has 0 aliphatic heterocycles. The molecule has 0 heterocycles. The molecule has 1 fully saturated rings. The summed E-state index contributed by atoms with van der Waals surface area (Å²) < 4.78 is 0. The molecule has 0 bridgehead atoms. The van der Waals surface area contributed by atoms with Gasteiger partial charge in [0.1, 0.15) is 0 Å². The molecule has 4 N–H and O–H groups in total. The average molecular weight is 290 g/mol. The molecule has 2 rings (SSSR count). The minimum atomic E-state index is -0.576. The van der Waals surface area contributed by atoms with Crippen LogP contribution in [0.5, 0.6) is 0 Å². The van der Waals surface area contributed by atoms with Crippen molar-refractivity contribution in [3.05, 3.63) is 35.9 Å². The van der Waals surface area contributed by atoms with Crippen molar-refractivity contribution < 1.29 is 9.90 Å². The Hall–Kier alpha value is -1.39. The van der Waals surface area contributed by atoms with E-state index >= 15 is 0 Å². The Morgan fingerprint density at radius 3 is 2.71 bits per heavy atom. The Bertz CT molecular complexity index is 463. The predicted octanol–water partition coefficient (Wildman–Crippen LogP) is 1.47. The van der Waals surface area contributed by atoms with Gasteiger partial charge in [0, 0.05) is 0 Å². The summed E-state index contributed by atoms with van der Waals surface area (Å²) in [5.74, 6) is 0.393. The highest BCUT2D eigenvalue weighted by Gasteiger charge is 2.40. The molecule has 1 saturated carbocycles. The van der Waals surface area contributed by atoms with Gasteiger partial charge in [-0.05, 0) is 30.2 Å². The smallest absolute Gasteiger partial charge is 0.237 e. The summed E-state index contributed by atoms with van der Waals surface area (Å²) in [6, 6.07) is 9.01. The van der Waals surface area contributed by atoms with E-state index in [0.717, 1.165) is 18.4 Å². The Morgan fingerprint density at radius 2 is 2.10 bits per heavy atom. The number of rotatable bonds is 5. The molecule has 1 aliphatic carbocycles. The lowest BCUT2D eigenvalue weighted by atomic mass is 9.99. The van der Waals surface area contributed by atoms with E-state index < -0.39 is 12.1 Å². The van der Waals surface area contributed by atoms with Crippen LogP contribution in [0.25, 0.3) is 0 Å². The van der Waals surface area contributed by atoms with E-state index in [1.165, 1.54) is 0 Å². The first kappa shape index (κ1) is 16.0. The molecule has 0 spiro atoms. The highest BCUT2D eigenvalue weighted by molar-refractivity contribution is 5.82. The quantitative estimate of drug-likeness (QED) is 0.768. The summed E-state index contributed by atoms with van der Waals surface area (Å²) in [6.45, 7) is 4.13. The zero-order valence-corrected chi connectivity index (χ0v) is 12.8.